The van der Waals surface area contributed by atoms with E-state index in [1.807, 2.05) is 18.2 Å². The van der Waals surface area contributed by atoms with Gasteiger partial charge >= 0.3 is 11.9 Å². The van der Waals surface area contributed by atoms with Gasteiger partial charge < -0.3 is 31.1 Å². The maximum atomic E-state index is 12.3. The number of aryl methyl sites for hydroxylation is 1. The predicted octanol–water partition coefficient (Wildman–Crippen LogP) is 2.44. The maximum absolute atomic E-state index is 12.3. The van der Waals surface area contributed by atoms with Crippen molar-refractivity contribution in [1.82, 2.24) is 20.6 Å². The molecule has 0 radical (unpaired) electrons. The van der Waals surface area contributed by atoms with Gasteiger partial charge in [-0.1, -0.05) is 30.3 Å². The zero-order valence-electron chi connectivity index (χ0n) is 19.3. The van der Waals surface area contributed by atoms with E-state index >= 15 is 0 Å². The van der Waals surface area contributed by atoms with E-state index in [0.29, 0.717) is 42.9 Å². The van der Waals surface area contributed by atoms with Gasteiger partial charge in [-0.15, -0.1) is 0 Å². The second-order valence-electron chi connectivity index (χ2n) is 7.30. The lowest BCUT2D eigenvalue weighted by Crippen LogP contribution is -2.37. The van der Waals surface area contributed by atoms with Gasteiger partial charge in [-0.25, -0.2) is 9.78 Å². The molecule has 184 valence electrons. The second kappa shape index (κ2) is 15.4. The smallest absolute Gasteiger partial charge is 0.343 e. The Morgan fingerprint density at radius 1 is 1.03 bits per heavy atom. The molecule has 1 heterocycles. The number of esters is 1. The molecule has 11 heteroatoms. The van der Waals surface area contributed by atoms with E-state index < -0.39 is 11.9 Å². The quantitative estimate of drug-likeness (QED) is 0.144. The van der Waals surface area contributed by atoms with Crippen LogP contribution in [0.1, 0.15) is 42.1 Å². The molecule has 2 rings (SSSR count). The van der Waals surface area contributed by atoms with Crippen LogP contribution in [-0.4, -0.2) is 64.9 Å². The highest BCUT2D eigenvalue weighted by Crippen LogP contribution is 2.15. The molecule has 0 amide bonds. The minimum atomic E-state index is -0.883. The summed E-state index contributed by atoms with van der Waals surface area (Å²) in [6, 6.07) is 10.2. The topological polar surface area (TPSA) is 138 Å². The SMILES string of the molecule is CCOC(=O)c1cnc(NCCCc2ccccc2)nc1NCCCNC(=S)NCCC(=O)O. The summed E-state index contributed by atoms with van der Waals surface area (Å²) in [5.74, 6) is -0.527. The molecule has 1 aromatic heterocycles. The lowest BCUT2D eigenvalue weighted by atomic mass is 10.1. The number of benzene rings is 1. The average molecular weight is 489 g/mol. The van der Waals surface area contributed by atoms with Crippen molar-refractivity contribution in [1.29, 1.82) is 0 Å². The number of ether oxygens (including phenoxy) is 1. The van der Waals surface area contributed by atoms with Gasteiger partial charge in [0.05, 0.1) is 13.0 Å². The van der Waals surface area contributed by atoms with Gasteiger partial charge in [0.2, 0.25) is 5.95 Å². The number of anilines is 2. The Labute approximate surface area is 204 Å². The number of aromatic nitrogens is 2. The number of hydrogen-bond acceptors (Lipinski definition) is 8. The van der Waals surface area contributed by atoms with Crippen molar-refractivity contribution in [2.24, 2.45) is 0 Å². The zero-order chi connectivity index (χ0) is 24.6. The van der Waals surface area contributed by atoms with Gasteiger partial charge in [0.15, 0.2) is 5.11 Å². The lowest BCUT2D eigenvalue weighted by molar-refractivity contribution is -0.136. The normalized spacial score (nSPS) is 10.3. The van der Waals surface area contributed by atoms with Crippen LogP contribution >= 0.6 is 12.2 Å². The van der Waals surface area contributed by atoms with Crippen LogP contribution in [0.25, 0.3) is 0 Å². The highest BCUT2D eigenvalue weighted by molar-refractivity contribution is 7.80. The molecule has 0 unspecified atom stereocenters. The van der Waals surface area contributed by atoms with Crippen LogP contribution in [0.15, 0.2) is 36.5 Å². The summed E-state index contributed by atoms with van der Waals surface area (Å²) in [7, 11) is 0. The number of nitrogens with one attached hydrogen (secondary N) is 4. The minimum Gasteiger partial charge on any atom is -0.481 e. The lowest BCUT2D eigenvalue weighted by Gasteiger charge is -2.13. The van der Waals surface area contributed by atoms with E-state index in [-0.39, 0.29) is 25.1 Å². The molecule has 0 bridgehead atoms. The van der Waals surface area contributed by atoms with Crippen molar-refractivity contribution in [3.63, 3.8) is 0 Å². The number of carboxylic acid groups (broad SMARTS) is 1. The van der Waals surface area contributed by atoms with Gasteiger partial charge in [0.1, 0.15) is 11.4 Å². The standard InChI is InChI=1S/C23H32N6O4S/c1-2-33-21(32)18-16-28-22(25-12-6-10-17-8-4-3-5-9-17)29-20(18)24-13-7-14-26-23(34)27-15-11-19(30)31/h3-5,8-9,16H,2,6-7,10-15H2,1H3,(H,30,31)(H2,26,27,34)(H2,24,25,28,29). The Bertz CT molecular complexity index is 929. The Hall–Kier alpha value is -3.47. The third-order valence-corrected chi connectivity index (χ3v) is 4.90. The molecule has 2 aromatic rings. The fourth-order valence-electron chi connectivity index (χ4n) is 2.94. The Balaban J connectivity index is 1.82. The molecule has 0 aliphatic heterocycles. The highest BCUT2D eigenvalue weighted by atomic mass is 32.1. The number of hydrogen-bond donors (Lipinski definition) is 5. The Kier molecular flexibility index (Phi) is 12.1. The molecule has 0 spiro atoms. The van der Waals surface area contributed by atoms with E-state index in [2.05, 4.69) is 43.4 Å². The van der Waals surface area contributed by atoms with Crippen molar-refractivity contribution in [2.75, 3.05) is 43.4 Å². The van der Waals surface area contributed by atoms with Crippen molar-refractivity contribution in [3.05, 3.63) is 47.7 Å². The number of thiocarbonyl (C=S) groups is 1. The van der Waals surface area contributed by atoms with Crippen molar-refractivity contribution < 1.29 is 19.4 Å². The fourth-order valence-corrected chi connectivity index (χ4v) is 3.14. The number of carbonyl (C=O) groups is 2. The molecule has 1 aromatic carbocycles. The van der Waals surface area contributed by atoms with Crippen LogP contribution in [-0.2, 0) is 16.0 Å². The first-order valence-corrected chi connectivity index (χ1v) is 11.7. The first kappa shape index (κ1) is 26.8. The largest absolute Gasteiger partial charge is 0.481 e. The van der Waals surface area contributed by atoms with E-state index in [4.69, 9.17) is 22.1 Å². The van der Waals surface area contributed by atoms with E-state index in [1.165, 1.54) is 11.8 Å². The van der Waals surface area contributed by atoms with Crippen molar-refractivity contribution >= 4 is 41.0 Å². The van der Waals surface area contributed by atoms with Crippen molar-refractivity contribution in [3.8, 4) is 0 Å². The van der Waals surface area contributed by atoms with E-state index in [1.54, 1.807) is 6.92 Å². The Morgan fingerprint density at radius 3 is 2.50 bits per heavy atom. The fraction of sp³-hybridized carbons (Fsp3) is 0.435. The maximum Gasteiger partial charge on any atom is 0.343 e. The summed E-state index contributed by atoms with van der Waals surface area (Å²) in [4.78, 5) is 31.5. The molecule has 0 atom stereocenters. The number of carboxylic acids is 1. The summed E-state index contributed by atoms with van der Waals surface area (Å²) < 4.78 is 5.11. The van der Waals surface area contributed by atoms with Gasteiger partial charge in [-0.3, -0.25) is 4.79 Å². The monoisotopic (exact) mass is 488 g/mol. The van der Waals surface area contributed by atoms with Crippen LogP contribution in [0, 0.1) is 0 Å². The zero-order valence-corrected chi connectivity index (χ0v) is 20.1. The third kappa shape index (κ3) is 10.4. The van der Waals surface area contributed by atoms with Crippen LogP contribution < -0.4 is 21.3 Å². The molecule has 0 aliphatic carbocycles. The second-order valence-corrected chi connectivity index (χ2v) is 7.71. The summed E-state index contributed by atoms with van der Waals surface area (Å²) in [6.45, 7) is 4.06. The molecule has 0 saturated carbocycles. The first-order chi connectivity index (χ1) is 16.5. The highest BCUT2D eigenvalue weighted by Gasteiger charge is 2.15. The molecule has 0 aliphatic rings. The molecular weight excluding hydrogens is 456 g/mol. The van der Waals surface area contributed by atoms with Gasteiger partial charge in [0, 0.05) is 32.4 Å². The minimum absolute atomic E-state index is 0.00362. The van der Waals surface area contributed by atoms with Crippen LogP contribution in [0.5, 0.6) is 0 Å². The first-order valence-electron chi connectivity index (χ1n) is 11.3. The van der Waals surface area contributed by atoms with Gasteiger partial charge in [-0.2, -0.15) is 4.98 Å². The third-order valence-electron chi connectivity index (χ3n) is 4.61. The average Bonchev–Trinajstić information content (AvgIpc) is 2.82. The van der Waals surface area contributed by atoms with Gasteiger partial charge in [0.25, 0.3) is 0 Å². The summed E-state index contributed by atoms with van der Waals surface area (Å²) in [5.41, 5.74) is 1.55. The van der Waals surface area contributed by atoms with Gasteiger partial charge in [-0.05, 0) is 44.0 Å². The number of rotatable bonds is 15. The summed E-state index contributed by atoms with van der Waals surface area (Å²) in [6.07, 6.45) is 4.01. The number of aliphatic carboxylic acids is 1. The number of carbonyl (C=O) groups excluding carboxylic acids is 1. The number of nitrogens with zero attached hydrogens (tertiary/aromatic N) is 2. The van der Waals surface area contributed by atoms with E-state index in [9.17, 15) is 9.59 Å². The summed E-state index contributed by atoms with van der Waals surface area (Å²) in [5, 5.41) is 21.3. The molecular formula is C23H32N6O4S. The Morgan fingerprint density at radius 2 is 1.76 bits per heavy atom. The molecule has 5 N–H and O–H groups in total. The molecule has 0 saturated heterocycles. The molecule has 34 heavy (non-hydrogen) atoms. The van der Waals surface area contributed by atoms with Crippen LogP contribution in [0.4, 0.5) is 11.8 Å². The van der Waals surface area contributed by atoms with Crippen LogP contribution in [0.3, 0.4) is 0 Å². The van der Waals surface area contributed by atoms with E-state index in [0.717, 1.165) is 12.8 Å². The molecule has 0 fully saturated rings. The van der Waals surface area contributed by atoms with Crippen molar-refractivity contribution in [2.45, 2.75) is 32.6 Å². The predicted molar refractivity (Wildman–Crippen MR) is 135 cm³/mol. The van der Waals surface area contributed by atoms with Crippen LogP contribution in [0.2, 0.25) is 0 Å². The summed E-state index contributed by atoms with van der Waals surface area (Å²) >= 11 is 5.11. The molecule has 10 nitrogen and oxygen atoms in total.